The number of aryl methyl sites for hydroxylation is 1. The van der Waals surface area contributed by atoms with Gasteiger partial charge in [-0.2, -0.15) is 0 Å². The lowest BCUT2D eigenvalue weighted by atomic mass is 10.1. The highest BCUT2D eigenvalue weighted by atomic mass is 35.5. The second kappa shape index (κ2) is 13.0. The topological polar surface area (TPSA) is 173 Å². The molecule has 2 unspecified atom stereocenters. The van der Waals surface area contributed by atoms with Gasteiger partial charge < -0.3 is 11.1 Å². The number of aromatic nitrogens is 2. The Morgan fingerprint density at radius 3 is 2.67 bits per heavy atom. The van der Waals surface area contributed by atoms with E-state index in [4.69, 9.17) is 10.9 Å². The number of nitrogens with two attached hydrogens (primary N) is 1. The van der Waals surface area contributed by atoms with Crippen LogP contribution in [0.15, 0.2) is 23.3 Å². The van der Waals surface area contributed by atoms with Gasteiger partial charge >= 0.3 is 0 Å². The SMILES string of the molecule is C[C@@](CCn1cnc2cc(C#CC#CC3CCC(NC(=O)CN)C3)c(F)cc2c1=O)(C(=O)NO)S(C)(=O)=O.Cl. The van der Waals surface area contributed by atoms with Crippen LogP contribution in [-0.2, 0) is 26.0 Å². The third kappa shape index (κ3) is 7.34. The minimum atomic E-state index is -3.95. The monoisotopic (exact) mass is 581 g/mol. The summed E-state index contributed by atoms with van der Waals surface area (Å²) >= 11 is 0. The van der Waals surface area contributed by atoms with Crippen LogP contribution >= 0.6 is 12.4 Å². The molecular weight excluding hydrogens is 553 g/mol. The summed E-state index contributed by atoms with van der Waals surface area (Å²) in [7, 11) is -3.95. The Bertz CT molecular complexity index is 1560. The van der Waals surface area contributed by atoms with Crippen LogP contribution in [-0.4, -0.2) is 58.6 Å². The maximum atomic E-state index is 14.7. The Hall–Kier alpha value is -3.49. The first-order chi connectivity index (χ1) is 17.9. The van der Waals surface area contributed by atoms with Gasteiger partial charge in [-0.15, -0.1) is 12.4 Å². The number of hydroxylamine groups is 1. The molecule has 1 aliphatic rings. The number of rotatable bonds is 7. The quantitative estimate of drug-likeness (QED) is 0.205. The average Bonchev–Trinajstić information content (AvgIpc) is 3.32. The largest absolute Gasteiger partial charge is 0.352 e. The maximum Gasteiger partial charge on any atom is 0.264 e. The zero-order valence-electron chi connectivity index (χ0n) is 21.3. The average molecular weight is 582 g/mol. The standard InChI is InChI=1S/C25H28FN5O6S.ClH/c1-25(24(34)30-35,38(2,36)37)9-10-31-15-28-21-12-17(20(26)13-19(21)23(31)33)6-4-3-5-16-7-8-18(11-16)29-22(32)14-27;/h12-13,15-16,18,35H,7-11,14,27H2,1-2H3,(H,29,32)(H,30,34);1H/t16?,18?,25-;/m1./s1. The summed E-state index contributed by atoms with van der Waals surface area (Å²) in [4.78, 5) is 40.4. The Kier molecular flexibility index (Phi) is 10.6. The highest BCUT2D eigenvalue weighted by molar-refractivity contribution is 7.92. The Morgan fingerprint density at radius 1 is 1.31 bits per heavy atom. The van der Waals surface area contributed by atoms with Gasteiger partial charge in [0.05, 0.1) is 29.3 Å². The highest BCUT2D eigenvalue weighted by Crippen LogP contribution is 2.25. The number of nitrogens with one attached hydrogen (secondary N) is 2. The van der Waals surface area contributed by atoms with E-state index in [1.807, 2.05) is 0 Å². The molecule has 1 aliphatic carbocycles. The molecule has 14 heteroatoms. The number of hydrogen-bond acceptors (Lipinski definition) is 8. The Balaban J connectivity index is 0.00000533. The molecule has 0 saturated heterocycles. The number of fused-ring (bicyclic) bond motifs is 1. The van der Waals surface area contributed by atoms with Crippen LogP contribution in [0.2, 0.25) is 0 Å². The van der Waals surface area contributed by atoms with Crippen molar-refractivity contribution >= 4 is 45.0 Å². The lowest BCUT2D eigenvalue weighted by Gasteiger charge is -2.25. The van der Waals surface area contributed by atoms with Gasteiger partial charge in [0.2, 0.25) is 5.91 Å². The fourth-order valence-corrected chi connectivity index (χ4v) is 4.96. The van der Waals surface area contributed by atoms with E-state index < -0.39 is 31.9 Å². The van der Waals surface area contributed by atoms with Gasteiger partial charge in [0, 0.05) is 24.8 Å². The lowest BCUT2D eigenvalue weighted by molar-refractivity contribution is -0.131. The van der Waals surface area contributed by atoms with Crippen LogP contribution in [0.4, 0.5) is 4.39 Å². The van der Waals surface area contributed by atoms with Gasteiger partial charge in [0.1, 0.15) is 5.82 Å². The Labute approximate surface area is 231 Å². The van der Waals surface area contributed by atoms with Crippen molar-refractivity contribution in [2.75, 3.05) is 12.8 Å². The van der Waals surface area contributed by atoms with Gasteiger partial charge in [0.15, 0.2) is 14.6 Å². The second-order valence-electron chi connectivity index (χ2n) is 9.28. The molecule has 0 bridgehead atoms. The minimum Gasteiger partial charge on any atom is -0.352 e. The van der Waals surface area contributed by atoms with Crippen molar-refractivity contribution in [1.29, 1.82) is 0 Å². The first kappa shape index (κ1) is 31.7. The first-order valence-electron chi connectivity index (χ1n) is 11.7. The fourth-order valence-electron chi connectivity index (χ4n) is 4.12. The van der Waals surface area contributed by atoms with E-state index in [9.17, 15) is 27.2 Å². The zero-order chi connectivity index (χ0) is 28.1. The van der Waals surface area contributed by atoms with Gasteiger partial charge in [-0.05, 0) is 62.5 Å². The van der Waals surface area contributed by atoms with Gasteiger partial charge in [-0.3, -0.25) is 24.2 Å². The predicted octanol–water partition coefficient (Wildman–Crippen LogP) is 0.255. The number of carbonyl (C=O) groups excluding carboxylic acids is 2. The van der Waals surface area contributed by atoms with Crippen molar-refractivity contribution in [3.63, 3.8) is 0 Å². The van der Waals surface area contributed by atoms with Crippen LogP contribution in [0.3, 0.4) is 0 Å². The molecule has 5 N–H and O–H groups in total. The lowest BCUT2D eigenvalue weighted by Crippen LogP contribution is -2.50. The smallest absolute Gasteiger partial charge is 0.264 e. The molecule has 2 amide bonds. The second-order valence-corrected chi connectivity index (χ2v) is 11.7. The van der Waals surface area contributed by atoms with E-state index in [1.54, 1.807) is 0 Å². The van der Waals surface area contributed by atoms with Gasteiger partial charge in [-0.25, -0.2) is 23.3 Å². The first-order valence-corrected chi connectivity index (χ1v) is 13.6. The van der Waals surface area contributed by atoms with Crippen LogP contribution in [0.5, 0.6) is 0 Å². The van der Waals surface area contributed by atoms with E-state index in [0.29, 0.717) is 6.42 Å². The number of halogens is 2. The summed E-state index contributed by atoms with van der Waals surface area (Å²) in [5.41, 5.74) is 6.19. The zero-order valence-corrected chi connectivity index (χ0v) is 22.9. The minimum absolute atomic E-state index is 0. The highest BCUT2D eigenvalue weighted by Gasteiger charge is 2.43. The van der Waals surface area contributed by atoms with Crippen molar-refractivity contribution in [3.8, 4) is 23.7 Å². The number of sulfone groups is 1. The molecule has 2 aromatic rings. The summed E-state index contributed by atoms with van der Waals surface area (Å²) in [5, 5.41) is 11.7. The molecule has 1 heterocycles. The molecule has 0 radical (unpaired) electrons. The summed E-state index contributed by atoms with van der Waals surface area (Å²) in [6.45, 7) is 0.839. The van der Waals surface area contributed by atoms with Crippen molar-refractivity contribution in [2.24, 2.45) is 11.7 Å². The third-order valence-electron chi connectivity index (χ3n) is 6.66. The van der Waals surface area contributed by atoms with E-state index >= 15 is 0 Å². The summed E-state index contributed by atoms with van der Waals surface area (Å²) in [5.74, 6) is 8.92. The number of amides is 2. The number of nitrogens with zero attached hydrogens (tertiary/aromatic N) is 2. The number of hydrogen-bond donors (Lipinski definition) is 4. The summed E-state index contributed by atoms with van der Waals surface area (Å²) < 4.78 is 38.0. The van der Waals surface area contributed by atoms with Gasteiger partial charge in [-0.1, -0.05) is 5.92 Å². The molecule has 0 spiro atoms. The molecule has 1 aromatic carbocycles. The van der Waals surface area contributed by atoms with Crippen LogP contribution in [0.25, 0.3) is 10.9 Å². The predicted molar refractivity (Wildman–Crippen MR) is 144 cm³/mol. The van der Waals surface area contributed by atoms with Crippen LogP contribution in [0.1, 0.15) is 38.2 Å². The van der Waals surface area contributed by atoms with Crippen molar-refractivity contribution in [2.45, 2.75) is 49.9 Å². The van der Waals surface area contributed by atoms with Gasteiger partial charge in [0.25, 0.3) is 11.5 Å². The van der Waals surface area contributed by atoms with E-state index in [0.717, 1.165) is 36.7 Å². The van der Waals surface area contributed by atoms with Crippen molar-refractivity contribution in [1.82, 2.24) is 20.3 Å². The molecule has 0 aliphatic heterocycles. The molecule has 1 saturated carbocycles. The van der Waals surface area contributed by atoms with Crippen LogP contribution < -0.4 is 22.1 Å². The maximum absolute atomic E-state index is 14.7. The van der Waals surface area contributed by atoms with Crippen molar-refractivity contribution < 1.29 is 27.6 Å². The third-order valence-corrected chi connectivity index (χ3v) is 8.69. The molecular formula is C25H29ClFN5O6S. The molecule has 3 rings (SSSR count). The normalized spacial score (nSPS) is 18.0. The molecule has 11 nitrogen and oxygen atoms in total. The van der Waals surface area contributed by atoms with Crippen molar-refractivity contribution in [3.05, 3.63) is 40.2 Å². The molecule has 39 heavy (non-hydrogen) atoms. The number of carbonyl (C=O) groups is 2. The Morgan fingerprint density at radius 2 is 2.03 bits per heavy atom. The number of benzene rings is 1. The van der Waals surface area contributed by atoms with Crippen LogP contribution in [0, 0.1) is 35.4 Å². The molecule has 1 fully saturated rings. The summed E-state index contributed by atoms with van der Waals surface area (Å²) in [6.07, 6.45) is 3.96. The van der Waals surface area contributed by atoms with E-state index in [2.05, 4.69) is 34.0 Å². The fraction of sp³-hybridized carbons (Fsp3) is 0.440. The van der Waals surface area contributed by atoms with E-state index in [1.165, 1.54) is 17.9 Å². The van der Waals surface area contributed by atoms with E-state index in [-0.39, 0.29) is 66.3 Å². The molecule has 3 atom stereocenters. The molecule has 1 aromatic heterocycles. The molecule has 210 valence electrons. The summed E-state index contributed by atoms with van der Waals surface area (Å²) in [6, 6.07) is 2.34.